The summed E-state index contributed by atoms with van der Waals surface area (Å²) >= 11 is 5.77. The summed E-state index contributed by atoms with van der Waals surface area (Å²) in [5, 5.41) is 20.9. The standard InChI is InChI=1S/C14H10ClNO4/c15-11-6-10(14(19)20)12(7-9(11)13(17)18)16-8-4-2-1-3-5-8/h1-7,16H,(H,17,18)(H,19,20). The van der Waals surface area contributed by atoms with Crippen LogP contribution in [0.3, 0.4) is 0 Å². The minimum atomic E-state index is -1.22. The molecule has 0 spiro atoms. The summed E-state index contributed by atoms with van der Waals surface area (Å²) in [4.78, 5) is 22.2. The van der Waals surface area contributed by atoms with E-state index in [0.29, 0.717) is 5.69 Å². The van der Waals surface area contributed by atoms with Crippen LogP contribution in [0.25, 0.3) is 0 Å². The third kappa shape index (κ3) is 2.89. The molecule has 0 saturated carbocycles. The molecule has 0 aliphatic carbocycles. The van der Waals surface area contributed by atoms with Crippen LogP contribution in [0, 0.1) is 0 Å². The molecule has 6 heteroatoms. The highest BCUT2D eigenvalue weighted by atomic mass is 35.5. The Hall–Kier alpha value is -2.53. The van der Waals surface area contributed by atoms with Crippen LogP contribution >= 0.6 is 11.6 Å². The van der Waals surface area contributed by atoms with Crippen molar-refractivity contribution in [1.29, 1.82) is 0 Å². The van der Waals surface area contributed by atoms with Crippen molar-refractivity contribution in [1.82, 2.24) is 0 Å². The van der Waals surface area contributed by atoms with Gasteiger partial charge in [-0.15, -0.1) is 0 Å². The van der Waals surface area contributed by atoms with Gasteiger partial charge in [0, 0.05) is 5.69 Å². The number of para-hydroxylation sites is 1. The molecule has 0 amide bonds. The summed E-state index contributed by atoms with van der Waals surface area (Å²) in [5.74, 6) is -2.41. The van der Waals surface area contributed by atoms with Crippen molar-refractivity contribution in [3.8, 4) is 0 Å². The molecule has 0 aliphatic heterocycles. The van der Waals surface area contributed by atoms with Gasteiger partial charge in [-0.3, -0.25) is 0 Å². The molecule has 0 heterocycles. The van der Waals surface area contributed by atoms with Gasteiger partial charge in [0.2, 0.25) is 0 Å². The van der Waals surface area contributed by atoms with E-state index in [2.05, 4.69) is 5.32 Å². The number of anilines is 2. The maximum atomic E-state index is 11.2. The zero-order valence-corrected chi connectivity index (χ0v) is 10.9. The Morgan fingerprint density at radius 3 is 2.10 bits per heavy atom. The SMILES string of the molecule is O=C(O)c1cc(Nc2ccccc2)c(C(=O)O)cc1Cl. The summed E-state index contributed by atoms with van der Waals surface area (Å²) in [5.41, 5.74) is 0.568. The fraction of sp³-hybridized carbons (Fsp3) is 0. The maximum absolute atomic E-state index is 11.2. The summed E-state index contributed by atoms with van der Waals surface area (Å²) in [6, 6.07) is 11.2. The van der Waals surface area contributed by atoms with Crippen LogP contribution in [0.4, 0.5) is 11.4 Å². The second kappa shape index (κ2) is 5.63. The molecule has 0 atom stereocenters. The molecule has 0 radical (unpaired) electrons. The highest BCUT2D eigenvalue weighted by Gasteiger charge is 2.17. The number of halogens is 1. The zero-order chi connectivity index (χ0) is 14.7. The van der Waals surface area contributed by atoms with Crippen molar-refractivity contribution in [3.63, 3.8) is 0 Å². The molecule has 3 N–H and O–H groups in total. The topological polar surface area (TPSA) is 86.6 Å². The number of nitrogens with one attached hydrogen (secondary N) is 1. The molecular weight excluding hydrogens is 282 g/mol. The predicted molar refractivity (Wildman–Crippen MR) is 75.1 cm³/mol. The monoisotopic (exact) mass is 291 g/mol. The number of carbonyl (C=O) groups is 2. The van der Waals surface area contributed by atoms with Gasteiger partial charge in [-0.05, 0) is 24.3 Å². The van der Waals surface area contributed by atoms with E-state index in [1.54, 1.807) is 24.3 Å². The first-order chi connectivity index (χ1) is 9.49. The summed E-state index contributed by atoms with van der Waals surface area (Å²) in [7, 11) is 0. The molecule has 0 saturated heterocycles. The second-order valence-corrected chi connectivity index (χ2v) is 4.39. The van der Waals surface area contributed by atoms with Crippen molar-refractivity contribution in [2.45, 2.75) is 0 Å². The first-order valence-electron chi connectivity index (χ1n) is 5.61. The Morgan fingerprint density at radius 2 is 1.55 bits per heavy atom. The molecule has 5 nitrogen and oxygen atoms in total. The molecule has 0 unspecified atom stereocenters. The predicted octanol–water partition coefficient (Wildman–Crippen LogP) is 3.48. The lowest BCUT2D eigenvalue weighted by atomic mass is 10.1. The van der Waals surface area contributed by atoms with E-state index in [4.69, 9.17) is 21.8 Å². The van der Waals surface area contributed by atoms with Gasteiger partial charge in [0.05, 0.1) is 21.8 Å². The molecule has 0 bridgehead atoms. The first kappa shape index (κ1) is 13.9. The minimum Gasteiger partial charge on any atom is -0.478 e. The lowest BCUT2D eigenvalue weighted by molar-refractivity contribution is 0.0682. The van der Waals surface area contributed by atoms with Gasteiger partial charge in [-0.1, -0.05) is 29.8 Å². The second-order valence-electron chi connectivity index (χ2n) is 3.98. The van der Waals surface area contributed by atoms with E-state index in [1.807, 2.05) is 6.07 Å². The molecular formula is C14H10ClNO4. The normalized spacial score (nSPS) is 10.1. The number of benzene rings is 2. The number of rotatable bonds is 4. The molecule has 0 aromatic heterocycles. The molecule has 2 aromatic rings. The van der Waals surface area contributed by atoms with Crippen LogP contribution in [0.15, 0.2) is 42.5 Å². The molecule has 102 valence electrons. The van der Waals surface area contributed by atoms with E-state index in [-0.39, 0.29) is 21.8 Å². The quantitative estimate of drug-likeness (QED) is 0.803. The largest absolute Gasteiger partial charge is 0.478 e. The lowest BCUT2D eigenvalue weighted by Gasteiger charge is -2.11. The average molecular weight is 292 g/mol. The van der Waals surface area contributed by atoms with Crippen molar-refractivity contribution in [3.05, 3.63) is 58.6 Å². The Bertz CT molecular complexity index is 670. The first-order valence-corrected chi connectivity index (χ1v) is 5.99. The Labute approximate surface area is 119 Å². The van der Waals surface area contributed by atoms with E-state index in [0.717, 1.165) is 6.07 Å². The number of hydrogen-bond donors (Lipinski definition) is 3. The fourth-order valence-electron chi connectivity index (χ4n) is 1.69. The highest BCUT2D eigenvalue weighted by Crippen LogP contribution is 2.28. The Morgan fingerprint density at radius 1 is 0.950 bits per heavy atom. The van der Waals surface area contributed by atoms with Crippen molar-refractivity contribution >= 4 is 34.9 Å². The van der Waals surface area contributed by atoms with E-state index >= 15 is 0 Å². The van der Waals surface area contributed by atoms with Crippen molar-refractivity contribution in [2.75, 3.05) is 5.32 Å². The third-order valence-electron chi connectivity index (χ3n) is 2.62. The van der Waals surface area contributed by atoms with Crippen LogP contribution in [-0.4, -0.2) is 22.2 Å². The Balaban J connectivity index is 2.51. The highest BCUT2D eigenvalue weighted by molar-refractivity contribution is 6.34. The van der Waals surface area contributed by atoms with Crippen LogP contribution in [0.2, 0.25) is 5.02 Å². The Kier molecular flexibility index (Phi) is 3.91. The molecule has 2 aromatic carbocycles. The van der Waals surface area contributed by atoms with Crippen molar-refractivity contribution in [2.24, 2.45) is 0 Å². The fourth-order valence-corrected chi connectivity index (χ4v) is 1.94. The minimum absolute atomic E-state index is 0.0937. The van der Waals surface area contributed by atoms with E-state index in [1.165, 1.54) is 6.07 Å². The molecule has 2 rings (SSSR count). The number of carboxylic acid groups (broad SMARTS) is 2. The van der Waals surface area contributed by atoms with Gasteiger partial charge < -0.3 is 15.5 Å². The van der Waals surface area contributed by atoms with Gasteiger partial charge in [-0.25, -0.2) is 9.59 Å². The summed E-state index contributed by atoms with van der Waals surface area (Å²) < 4.78 is 0. The average Bonchev–Trinajstić information content (AvgIpc) is 2.41. The van der Waals surface area contributed by atoms with E-state index < -0.39 is 11.9 Å². The van der Waals surface area contributed by atoms with Gasteiger partial charge in [0.15, 0.2) is 0 Å². The van der Waals surface area contributed by atoms with Gasteiger partial charge in [0.25, 0.3) is 0 Å². The van der Waals surface area contributed by atoms with Gasteiger partial charge >= 0.3 is 11.9 Å². The number of aromatic carboxylic acids is 2. The van der Waals surface area contributed by atoms with Gasteiger partial charge in [0.1, 0.15) is 0 Å². The molecule has 20 heavy (non-hydrogen) atoms. The third-order valence-corrected chi connectivity index (χ3v) is 2.93. The number of carboxylic acids is 2. The lowest BCUT2D eigenvalue weighted by Crippen LogP contribution is -2.06. The number of hydrogen-bond acceptors (Lipinski definition) is 3. The summed E-state index contributed by atoms with van der Waals surface area (Å²) in [6.07, 6.45) is 0. The smallest absolute Gasteiger partial charge is 0.337 e. The van der Waals surface area contributed by atoms with Crippen molar-refractivity contribution < 1.29 is 19.8 Å². The summed E-state index contributed by atoms with van der Waals surface area (Å²) in [6.45, 7) is 0. The zero-order valence-electron chi connectivity index (χ0n) is 10.1. The maximum Gasteiger partial charge on any atom is 0.337 e. The van der Waals surface area contributed by atoms with Crippen LogP contribution < -0.4 is 5.32 Å². The van der Waals surface area contributed by atoms with Gasteiger partial charge in [-0.2, -0.15) is 0 Å². The van der Waals surface area contributed by atoms with Crippen LogP contribution in [0.5, 0.6) is 0 Å². The molecule has 0 fully saturated rings. The van der Waals surface area contributed by atoms with Crippen LogP contribution in [-0.2, 0) is 0 Å². The van der Waals surface area contributed by atoms with E-state index in [9.17, 15) is 9.59 Å². The molecule has 0 aliphatic rings. The van der Waals surface area contributed by atoms with Crippen LogP contribution in [0.1, 0.15) is 20.7 Å².